The number of fused-ring (bicyclic) bond motifs is 1. The van der Waals surface area contributed by atoms with E-state index in [1.165, 1.54) is 24.1 Å². The Labute approximate surface area is 148 Å². The van der Waals surface area contributed by atoms with Crippen molar-refractivity contribution in [1.29, 1.82) is 0 Å². The van der Waals surface area contributed by atoms with Crippen LogP contribution in [0.2, 0.25) is 0 Å². The number of aromatic amines is 1. The number of aryl methyl sites for hydroxylation is 2. The van der Waals surface area contributed by atoms with Gasteiger partial charge in [-0.1, -0.05) is 0 Å². The molecule has 0 spiro atoms. The molecule has 0 bridgehead atoms. The third-order valence-corrected chi connectivity index (χ3v) is 5.24. The van der Waals surface area contributed by atoms with E-state index in [0.717, 1.165) is 43.3 Å². The highest BCUT2D eigenvalue weighted by atomic mass is 16.5. The molecule has 3 heterocycles. The fraction of sp³-hybridized carbons (Fsp3) is 0.579. The second-order valence-corrected chi connectivity index (χ2v) is 7.21. The molecular weight excluding hydrogens is 316 g/mol. The number of nitrogens with zero attached hydrogens (tertiary/aromatic N) is 3. The van der Waals surface area contributed by atoms with E-state index in [9.17, 15) is 4.79 Å². The Morgan fingerprint density at radius 3 is 3.08 bits per heavy atom. The van der Waals surface area contributed by atoms with Gasteiger partial charge in [-0.15, -0.1) is 0 Å². The number of ether oxygens (including phenoxy) is 1. The van der Waals surface area contributed by atoms with Crippen LogP contribution in [0.1, 0.15) is 41.9 Å². The van der Waals surface area contributed by atoms with Crippen molar-refractivity contribution in [3.63, 3.8) is 0 Å². The van der Waals surface area contributed by atoms with Crippen LogP contribution in [-0.2, 0) is 42.6 Å². The highest BCUT2D eigenvalue weighted by Crippen LogP contribution is 2.29. The van der Waals surface area contributed by atoms with Gasteiger partial charge in [0.15, 0.2) is 0 Å². The SMILES string of the molecule is Cn1nc(COCC2CC2)c2c1CCN(C(=O)CCc1ccc[nH]1)C2. The largest absolute Gasteiger partial charge is 0.375 e. The summed E-state index contributed by atoms with van der Waals surface area (Å²) < 4.78 is 7.80. The first-order chi connectivity index (χ1) is 12.2. The van der Waals surface area contributed by atoms with Gasteiger partial charge in [0, 0.05) is 62.7 Å². The topological polar surface area (TPSA) is 63.1 Å². The van der Waals surface area contributed by atoms with E-state index in [-0.39, 0.29) is 5.91 Å². The lowest BCUT2D eigenvalue weighted by Crippen LogP contribution is -2.36. The molecule has 1 aliphatic heterocycles. The summed E-state index contributed by atoms with van der Waals surface area (Å²) in [4.78, 5) is 17.7. The number of hydrogen-bond acceptors (Lipinski definition) is 3. The maximum atomic E-state index is 12.6. The summed E-state index contributed by atoms with van der Waals surface area (Å²) in [5.74, 6) is 0.972. The van der Waals surface area contributed by atoms with E-state index in [1.807, 2.05) is 35.0 Å². The van der Waals surface area contributed by atoms with Gasteiger partial charge in [0.05, 0.1) is 12.3 Å². The van der Waals surface area contributed by atoms with Crippen LogP contribution in [0.3, 0.4) is 0 Å². The molecule has 6 heteroatoms. The summed E-state index contributed by atoms with van der Waals surface area (Å²) in [7, 11) is 1.99. The van der Waals surface area contributed by atoms with E-state index < -0.39 is 0 Å². The second-order valence-electron chi connectivity index (χ2n) is 7.21. The average Bonchev–Trinajstić information content (AvgIpc) is 3.19. The second kappa shape index (κ2) is 7.04. The lowest BCUT2D eigenvalue weighted by Gasteiger charge is -2.28. The zero-order chi connectivity index (χ0) is 17.2. The number of hydrogen-bond donors (Lipinski definition) is 1. The Balaban J connectivity index is 1.37. The number of nitrogens with one attached hydrogen (secondary N) is 1. The van der Waals surface area contributed by atoms with E-state index in [1.54, 1.807) is 0 Å². The van der Waals surface area contributed by atoms with E-state index in [2.05, 4.69) is 10.1 Å². The van der Waals surface area contributed by atoms with Gasteiger partial charge in [0.2, 0.25) is 5.91 Å². The Bertz CT molecular complexity index is 731. The molecule has 0 saturated heterocycles. The van der Waals surface area contributed by atoms with Crippen molar-refractivity contribution in [2.45, 2.75) is 45.3 Å². The molecule has 2 aromatic heterocycles. The zero-order valence-electron chi connectivity index (χ0n) is 14.8. The molecule has 1 saturated carbocycles. The van der Waals surface area contributed by atoms with E-state index in [0.29, 0.717) is 19.6 Å². The number of carbonyl (C=O) groups is 1. The summed E-state index contributed by atoms with van der Waals surface area (Å²) in [5.41, 5.74) is 4.55. The lowest BCUT2D eigenvalue weighted by atomic mass is 10.0. The predicted octanol–water partition coefficient (Wildman–Crippen LogP) is 2.19. The molecule has 0 radical (unpaired) electrons. The van der Waals surface area contributed by atoms with Crippen molar-refractivity contribution in [3.05, 3.63) is 41.0 Å². The third-order valence-electron chi connectivity index (χ3n) is 5.24. The molecule has 0 unspecified atom stereocenters. The van der Waals surface area contributed by atoms with Crippen molar-refractivity contribution in [2.75, 3.05) is 13.2 Å². The summed E-state index contributed by atoms with van der Waals surface area (Å²) >= 11 is 0. The molecular formula is C19H26N4O2. The van der Waals surface area contributed by atoms with Gasteiger partial charge in [-0.2, -0.15) is 5.10 Å². The van der Waals surface area contributed by atoms with Crippen LogP contribution in [0.5, 0.6) is 0 Å². The van der Waals surface area contributed by atoms with Crippen LogP contribution in [0.4, 0.5) is 0 Å². The molecule has 1 fully saturated rings. The van der Waals surface area contributed by atoms with Gasteiger partial charge < -0.3 is 14.6 Å². The monoisotopic (exact) mass is 342 g/mol. The normalized spacial score (nSPS) is 16.9. The molecule has 25 heavy (non-hydrogen) atoms. The molecule has 1 amide bonds. The summed E-state index contributed by atoms with van der Waals surface area (Å²) in [5, 5.41) is 4.64. The van der Waals surface area contributed by atoms with Gasteiger partial charge in [0.25, 0.3) is 0 Å². The van der Waals surface area contributed by atoms with Gasteiger partial charge in [-0.25, -0.2) is 0 Å². The first-order valence-corrected chi connectivity index (χ1v) is 9.22. The maximum absolute atomic E-state index is 12.6. The van der Waals surface area contributed by atoms with Crippen molar-refractivity contribution >= 4 is 5.91 Å². The molecule has 0 aromatic carbocycles. The Morgan fingerprint density at radius 1 is 1.44 bits per heavy atom. The van der Waals surface area contributed by atoms with Gasteiger partial charge in [0.1, 0.15) is 0 Å². The number of amides is 1. The Hall–Kier alpha value is -2.08. The third kappa shape index (κ3) is 3.79. The fourth-order valence-corrected chi connectivity index (χ4v) is 3.53. The smallest absolute Gasteiger partial charge is 0.223 e. The van der Waals surface area contributed by atoms with Crippen molar-refractivity contribution in [3.8, 4) is 0 Å². The highest BCUT2D eigenvalue weighted by Gasteiger charge is 2.27. The number of H-pyrrole nitrogens is 1. The molecule has 4 rings (SSSR count). The van der Waals surface area contributed by atoms with E-state index in [4.69, 9.17) is 4.74 Å². The summed E-state index contributed by atoms with van der Waals surface area (Å²) in [6, 6.07) is 3.99. The van der Waals surface area contributed by atoms with Crippen LogP contribution in [0.15, 0.2) is 18.3 Å². The van der Waals surface area contributed by atoms with Crippen LogP contribution in [0.25, 0.3) is 0 Å². The Morgan fingerprint density at radius 2 is 2.32 bits per heavy atom. The predicted molar refractivity (Wildman–Crippen MR) is 93.8 cm³/mol. The van der Waals surface area contributed by atoms with E-state index >= 15 is 0 Å². The van der Waals surface area contributed by atoms with Gasteiger partial charge >= 0.3 is 0 Å². The zero-order valence-corrected chi connectivity index (χ0v) is 14.8. The minimum absolute atomic E-state index is 0.217. The number of carbonyl (C=O) groups excluding carboxylic acids is 1. The molecule has 6 nitrogen and oxygen atoms in total. The summed E-state index contributed by atoms with van der Waals surface area (Å²) in [6.45, 7) is 2.83. The number of aromatic nitrogens is 3. The van der Waals surface area contributed by atoms with Crippen LogP contribution < -0.4 is 0 Å². The van der Waals surface area contributed by atoms with Crippen molar-refractivity contribution in [2.24, 2.45) is 13.0 Å². The molecule has 2 aliphatic rings. The van der Waals surface area contributed by atoms with Gasteiger partial charge in [-0.05, 0) is 37.3 Å². The van der Waals surface area contributed by atoms with Gasteiger partial charge in [-0.3, -0.25) is 9.48 Å². The molecule has 2 aromatic rings. The first-order valence-electron chi connectivity index (χ1n) is 9.22. The van der Waals surface area contributed by atoms with Crippen LogP contribution >= 0.6 is 0 Å². The molecule has 0 atom stereocenters. The first kappa shape index (κ1) is 16.4. The van der Waals surface area contributed by atoms with Crippen molar-refractivity contribution in [1.82, 2.24) is 19.7 Å². The molecule has 1 N–H and O–H groups in total. The quantitative estimate of drug-likeness (QED) is 0.839. The maximum Gasteiger partial charge on any atom is 0.223 e. The van der Waals surface area contributed by atoms with Crippen molar-refractivity contribution < 1.29 is 9.53 Å². The molecule has 134 valence electrons. The summed E-state index contributed by atoms with van der Waals surface area (Å²) in [6.07, 6.45) is 6.67. The average molecular weight is 342 g/mol. The highest BCUT2D eigenvalue weighted by molar-refractivity contribution is 5.76. The lowest BCUT2D eigenvalue weighted by molar-refractivity contribution is -0.132. The molecule has 1 aliphatic carbocycles. The minimum atomic E-state index is 0.217. The standard InChI is InChI=1S/C19H26N4O2/c1-22-18-8-10-23(19(24)7-6-15-3-2-9-20-15)11-16(18)17(21-22)13-25-12-14-4-5-14/h2-3,9,14,20H,4-8,10-13H2,1H3. The van der Waals surface area contributed by atoms with Crippen LogP contribution in [-0.4, -0.2) is 38.7 Å². The minimum Gasteiger partial charge on any atom is -0.375 e. The Kier molecular flexibility index (Phi) is 4.61. The number of rotatable bonds is 7. The fourth-order valence-electron chi connectivity index (χ4n) is 3.53. The van der Waals surface area contributed by atoms with Crippen LogP contribution in [0, 0.1) is 5.92 Å².